The first kappa shape index (κ1) is 21.3. The van der Waals surface area contributed by atoms with Gasteiger partial charge in [-0.3, -0.25) is 9.10 Å². The van der Waals surface area contributed by atoms with Gasteiger partial charge in [-0.25, -0.2) is 12.8 Å². The van der Waals surface area contributed by atoms with E-state index in [1.54, 1.807) is 6.07 Å². The molecule has 2 N–H and O–H groups in total. The minimum Gasteiger partial charge on any atom is -0.437 e. The summed E-state index contributed by atoms with van der Waals surface area (Å²) in [7, 11) is -2.24. The molecule has 10 heteroatoms. The molecule has 0 saturated carbocycles. The number of amides is 1. The van der Waals surface area contributed by atoms with Gasteiger partial charge in [0.05, 0.1) is 29.9 Å². The number of halogens is 1. The molecule has 1 aliphatic rings. The first-order valence-electron chi connectivity index (χ1n) is 9.71. The highest BCUT2D eigenvalue weighted by atomic mass is 32.2. The van der Waals surface area contributed by atoms with E-state index in [-0.39, 0.29) is 35.3 Å². The molecule has 0 radical (unpaired) electrons. The number of hydrogen-bond donors (Lipinski definition) is 2. The maximum Gasteiger partial charge on any atom is 0.255 e. The number of benzene rings is 1. The van der Waals surface area contributed by atoms with E-state index >= 15 is 0 Å². The molecule has 0 fully saturated rings. The molecule has 0 saturated heterocycles. The quantitative estimate of drug-likeness (QED) is 0.638. The lowest BCUT2D eigenvalue weighted by Gasteiger charge is -2.22. The maximum absolute atomic E-state index is 13.4. The number of pyridine rings is 1. The molecule has 2 atom stereocenters. The Labute approximate surface area is 178 Å². The van der Waals surface area contributed by atoms with Gasteiger partial charge in [0.15, 0.2) is 0 Å². The van der Waals surface area contributed by atoms with Gasteiger partial charge >= 0.3 is 0 Å². The minimum absolute atomic E-state index is 0.0777. The summed E-state index contributed by atoms with van der Waals surface area (Å²) in [6, 6.07) is 7.19. The van der Waals surface area contributed by atoms with E-state index in [0.29, 0.717) is 22.9 Å². The third-order valence-corrected chi connectivity index (χ3v) is 6.54. The number of aliphatic hydroxyl groups is 1. The van der Waals surface area contributed by atoms with E-state index in [1.165, 1.54) is 31.3 Å². The number of aromatic nitrogens is 1. The van der Waals surface area contributed by atoms with Crippen LogP contribution in [0.1, 0.15) is 35.2 Å². The lowest BCUT2D eigenvalue weighted by atomic mass is 9.95. The van der Waals surface area contributed by atoms with Crippen LogP contribution in [0.2, 0.25) is 0 Å². The number of aliphatic hydroxyl groups excluding tert-OH is 1. The Kier molecular flexibility index (Phi) is 5.22. The van der Waals surface area contributed by atoms with Gasteiger partial charge < -0.3 is 14.8 Å². The van der Waals surface area contributed by atoms with Crippen LogP contribution in [0, 0.1) is 5.82 Å². The van der Waals surface area contributed by atoms with Crippen LogP contribution < -0.4 is 9.62 Å². The number of fused-ring (bicyclic) bond motifs is 2. The number of nitrogens with one attached hydrogen (secondary N) is 1. The number of sulfonamides is 1. The largest absolute Gasteiger partial charge is 0.437 e. The number of hydrogen-bond acceptors (Lipinski definition) is 6. The lowest BCUT2D eigenvalue weighted by molar-refractivity contribution is 0.0964. The summed E-state index contributed by atoms with van der Waals surface area (Å²) in [5.74, 6) is -0.679. The van der Waals surface area contributed by atoms with E-state index in [0.717, 1.165) is 10.6 Å². The molecule has 3 aromatic rings. The molecule has 0 bridgehead atoms. The van der Waals surface area contributed by atoms with Crippen LogP contribution in [-0.4, -0.2) is 50.4 Å². The lowest BCUT2D eigenvalue weighted by Crippen LogP contribution is -2.36. The number of anilines is 1. The van der Waals surface area contributed by atoms with Crippen molar-refractivity contribution >= 4 is 32.8 Å². The molecule has 0 spiro atoms. The number of β-amino-alcohol motifs (C(OH)–C–C–N with tert-alkyl or cyclic N) is 1. The Morgan fingerprint density at radius 2 is 2.00 bits per heavy atom. The van der Waals surface area contributed by atoms with E-state index in [4.69, 9.17) is 4.42 Å². The van der Waals surface area contributed by atoms with Gasteiger partial charge in [0.1, 0.15) is 17.4 Å². The molecule has 8 nitrogen and oxygen atoms in total. The van der Waals surface area contributed by atoms with E-state index < -0.39 is 27.9 Å². The maximum atomic E-state index is 13.4. The van der Waals surface area contributed by atoms with Crippen LogP contribution >= 0.6 is 0 Å². The molecule has 1 aliphatic heterocycles. The van der Waals surface area contributed by atoms with Crippen molar-refractivity contribution in [3.8, 4) is 11.3 Å². The van der Waals surface area contributed by atoms with Crippen molar-refractivity contribution in [1.82, 2.24) is 10.3 Å². The molecule has 2 aromatic heterocycles. The van der Waals surface area contributed by atoms with Crippen molar-refractivity contribution < 1.29 is 27.1 Å². The zero-order valence-corrected chi connectivity index (χ0v) is 18.0. The summed E-state index contributed by atoms with van der Waals surface area (Å²) in [5, 5.41) is 13.3. The average molecular weight is 447 g/mol. The highest BCUT2D eigenvalue weighted by molar-refractivity contribution is 7.92. The number of carbonyl (C=O) groups is 1. The Hall–Kier alpha value is -2.98. The molecule has 164 valence electrons. The van der Waals surface area contributed by atoms with Gasteiger partial charge in [-0.2, -0.15) is 4.98 Å². The molecule has 0 aliphatic carbocycles. The molecule has 31 heavy (non-hydrogen) atoms. The fourth-order valence-electron chi connectivity index (χ4n) is 3.93. The van der Waals surface area contributed by atoms with Crippen molar-refractivity contribution in [2.45, 2.75) is 25.4 Å². The molecule has 1 amide bonds. The highest BCUT2D eigenvalue weighted by Gasteiger charge is 2.33. The number of carbonyl (C=O) groups excluding carboxylic acids is 1. The highest BCUT2D eigenvalue weighted by Crippen LogP contribution is 2.40. The predicted molar refractivity (Wildman–Crippen MR) is 114 cm³/mol. The van der Waals surface area contributed by atoms with E-state index in [1.807, 2.05) is 6.92 Å². The summed E-state index contributed by atoms with van der Waals surface area (Å²) in [6.07, 6.45) is 0.524. The summed E-state index contributed by atoms with van der Waals surface area (Å²) in [4.78, 5) is 17.2. The molecule has 4 rings (SSSR count). The van der Waals surface area contributed by atoms with Crippen LogP contribution in [0.5, 0.6) is 0 Å². The van der Waals surface area contributed by atoms with Gasteiger partial charge in [-0.15, -0.1) is 0 Å². The molecule has 1 aromatic carbocycles. The van der Waals surface area contributed by atoms with Crippen LogP contribution in [0.3, 0.4) is 0 Å². The second kappa shape index (κ2) is 7.61. The van der Waals surface area contributed by atoms with E-state index in [9.17, 15) is 22.7 Å². The van der Waals surface area contributed by atoms with Crippen LogP contribution in [0.4, 0.5) is 10.2 Å². The minimum atomic E-state index is -3.72. The first-order chi connectivity index (χ1) is 14.6. The Bertz CT molecular complexity index is 1270. The van der Waals surface area contributed by atoms with Crippen molar-refractivity contribution in [3.63, 3.8) is 0 Å². The van der Waals surface area contributed by atoms with Gasteiger partial charge in [0.25, 0.3) is 5.91 Å². The number of furan rings is 1. The zero-order valence-electron chi connectivity index (χ0n) is 17.2. The van der Waals surface area contributed by atoms with Crippen molar-refractivity contribution in [3.05, 3.63) is 47.3 Å². The Morgan fingerprint density at radius 3 is 2.61 bits per heavy atom. The average Bonchev–Trinajstić information content (AvgIpc) is 3.02. The fourth-order valence-corrected chi connectivity index (χ4v) is 4.83. The van der Waals surface area contributed by atoms with Crippen LogP contribution in [0.25, 0.3) is 22.4 Å². The number of nitrogens with zero attached hydrogens (tertiary/aromatic N) is 2. The third kappa shape index (κ3) is 3.77. The van der Waals surface area contributed by atoms with Gasteiger partial charge in [-0.05, 0) is 48.2 Å². The van der Waals surface area contributed by atoms with Crippen LogP contribution in [-0.2, 0) is 10.0 Å². The fraction of sp³-hybridized carbons (Fsp3) is 0.333. The van der Waals surface area contributed by atoms with Crippen molar-refractivity contribution in [1.29, 1.82) is 0 Å². The van der Waals surface area contributed by atoms with Gasteiger partial charge in [-0.1, -0.05) is 6.92 Å². The monoisotopic (exact) mass is 447 g/mol. The van der Waals surface area contributed by atoms with E-state index in [2.05, 4.69) is 10.3 Å². The Morgan fingerprint density at radius 1 is 1.32 bits per heavy atom. The summed E-state index contributed by atoms with van der Waals surface area (Å²) >= 11 is 0. The molecular weight excluding hydrogens is 425 g/mol. The second-order valence-electron chi connectivity index (χ2n) is 7.73. The molecule has 3 heterocycles. The molecule has 2 unspecified atom stereocenters. The van der Waals surface area contributed by atoms with Crippen LogP contribution in [0.15, 0.2) is 34.7 Å². The first-order valence-corrected chi connectivity index (χ1v) is 11.6. The second-order valence-corrected chi connectivity index (χ2v) is 9.64. The topological polar surface area (TPSA) is 113 Å². The summed E-state index contributed by atoms with van der Waals surface area (Å²) < 4.78 is 45.2. The van der Waals surface area contributed by atoms with Gasteiger partial charge in [0.2, 0.25) is 15.7 Å². The zero-order chi connectivity index (χ0) is 22.5. The van der Waals surface area contributed by atoms with Crippen molar-refractivity contribution in [2.75, 3.05) is 24.2 Å². The predicted octanol–water partition coefficient (Wildman–Crippen LogP) is 2.63. The third-order valence-electron chi connectivity index (χ3n) is 5.42. The molecular formula is C21H22FN3O5S. The Balaban J connectivity index is 2.03. The summed E-state index contributed by atoms with van der Waals surface area (Å²) in [5.41, 5.74) is 1.37. The number of rotatable bonds is 3. The van der Waals surface area contributed by atoms with Gasteiger partial charge in [0, 0.05) is 12.6 Å². The van der Waals surface area contributed by atoms with Crippen molar-refractivity contribution in [2.24, 2.45) is 0 Å². The standard InChI is InChI=1S/C21H22FN3O5S/c1-11-8-14(26)10-25(31(3,28)29)19-15(11)9-16-17(20(27)23-2)18(30-21(16)24-19)12-4-6-13(22)7-5-12/h4-7,9,11,14,26H,8,10H2,1-3H3,(H,23,27). The SMILES string of the molecule is CNC(=O)c1c(-c2ccc(F)cc2)oc2nc3c(cc12)C(C)CC(O)CN3S(C)(=O)=O. The summed E-state index contributed by atoms with van der Waals surface area (Å²) in [6.45, 7) is 1.74. The normalized spacial score (nSPS) is 19.2. The smallest absolute Gasteiger partial charge is 0.255 e.